The van der Waals surface area contributed by atoms with Gasteiger partial charge >= 0.3 is 0 Å². The largest absolute Gasteiger partial charge is 0.489 e. The van der Waals surface area contributed by atoms with Crippen molar-refractivity contribution in [3.63, 3.8) is 0 Å². The van der Waals surface area contributed by atoms with Crippen LogP contribution >= 0.6 is 0 Å². The van der Waals surface area contributed by atoms with Crippen molar-refractivity contribution < 1.29 is 9.13 Å². The highest BCUT2D eigenvalue weighted by Crippen LogP contribution is 2.23. The van der Waals surface area contributed by atoms with Gasteiger partial charge in [-0.25, -0.2) is 4.39 Å². The van der Waals surface area contributed by atoms with Gasteiger partial charge in [-0.15, -0.1) is 0 Å². The lowest BCUT2D eigenvalue weighted by atomic mass is 10.0. The maximum Gasteiger partial charge on any atom is 0.126 e. The van der Waals surface area contributed by atoms with E-state index >= 15 is 0 Å². The number of likely N-dealkylation sites (N-methyl/N-ethyl adjacent to an activating group) is 1. The molecule has 0 aliphatic carbocycles. The van der Waals surface area contributed by atoms with Crippen LogP contribution in [0.5, 0.6) is 5.75 Å². The van der Waals surface area contributed by atoms with E-state index in [0.29, 0.717) is 5.75 Å². The monoisotopic (exact) mass is 287 g/mol. The van der Waals surface area contributed by atoms with E-state index in [1.165, 1.54) is 23.3 Å². The van der Waals surface area contributed by atoms with Gasteiger partial charge in [0.25, 0.3) is 0 Å². The third kappa shape index (κ3) is 4.30. The van der Waals surface area contributed by atoms with Crippen LogP contribution in [-0.4, -0.2) is 12.6 Å². The van der Waals surface area contributed by atoms with Crippen molar-refractivity contribution >= 4 is 0 Å². The van der Waals surface area contributed by atoms with E-state index in [2.05, 4.69) is 43.4 Å². The molecule has 21 heavy (non-hydrogen) atoms. The Balaban J connectivity index is 2.15. The first kappa shape index (κ1) is 15.5. The van der Waals surface area contributed by atoms with Crippen LogP contribution in [0, 0.1) is 12.7 Å². The van der Waals surface area contributed by atoms with Gasteiger partial charge in [0.1, 0.15) is 17.7 Å². The number of nitrogens with one attached hydrogen (secondary N) is 1. The molecule has 2 rings (SSSR count). The maximum atomic E-state index is 13.2. The van der Waals surface area contributed by atoms with Gasteiger partial charge in [-0.3, -0.25) is 0 Å². The average molecular weight is 287 g/mol. The Kier molecular flexibility index (Phi) is 5.34. The van der Waals surface area contributed by atoms with Crippen molar-refractivity contribution in [1.82, 2.24) is 5.32 Å². The molecular formula is C18H22FNO. The molecule has 0 saturated heterocycles. The molecular weight excluding hydrogens is 265 g/mol. The number of halogens is 1. The van der Waals surface area contributed by atoms with E-state index < -0.39 is 0 Å². The second-order valence-electron chi connectivity index (χ2n) is 5.23. The molecule has 3 heteroatoms. The predicted molar refractivity (Wildman–Crippen MR) is 84.1 cm³/mol. The quantitative estimate of drug-likeness (QED) is 0.857. The number of hydrogen-bond acceptors (Lipinski definition) is 2. The minimum Gasteiger partial charge on any atom is -0.489 e. The summed E-state index contributed by atoms with van der Waals surface area (Å²) in [4.78, 5) is 0. The minimum atomic E-state index is -0.282. The zero-order valence-electron chi connectivity index (χ0n) is 12.8. The molecule has 2 aromatic carbocycles. The van der Waals surface area contributed by atoms with Crippen molar-refractivity contribution in [2.75, 3.05) is 6.54 Å². The Morgan fingerprint density at radius 2 is 1.86 bits per heavy atom. The Labute approximate surface area is 126 Å². The summed E-state index contributed by atoms with van der Waals surface area (Å²) in [6.07, 6.45) is -0.102. The summed E-state index contributed by atoms with van der Waals surface area (Å²) in [7, 11) is 0. The number of rotatable bonds is 6. The Hall–Kier alpha value is -1.87. The van der Waals surface area contributed by atoms with Gasteiger partial charge in [0.2, 0.25) is 0 Å². The molecule has 0 bridgehead atoms. The van der Waals surface area contributed by atoms with Crippen molar-refractivity contribution in [2.24, 2.45) is 0 Å². The number of benzene rings is 2. The zero-order chi connectivity index (χ0) is 15.2. The highest BCUT2D eigenvalue weighted by atomic mass is 19.1. The van der Waals surface area contributed by atoms with Gasteiger partial charge < -0.3 is 10.1 Å². The highest BCUT2D eigenvalue weighted by Gasteiger charge is 2.20. The van der Waals surface area contributed by atoms with Crippen molar-refractivity contribution in [3.8, 4) is 5.75 Å². The van der Waals surface area contributed by atoms with E-state index in [-0.39, 0.29) is 18.0 Å². The third-order valence-electron chi connectivity index (χ3n) is 3.45. The van der Waals surface area contributed by atoms with Crippen molar-refractivity contribution in [3.05, 3.63) is 65.5 Å². The van der Waals surface area contributed by atoms with Crippen LogP contribution in [0.1, 0.15) is 31.0 Å². The molecule has 0 spiro atoms. The van der Waals surface area contributed by atoms with Gasteiger partial charge in [-0.1, -0.05) is 42.8 Å². The molecule has 0 fully saturated rings. The van der Waals surface area contributed by atoms with Crippen LogP contribution in [0.4, 0.5) is 4.39 Å². The topological polar surface area (TPSA) is 21.3 Å². The summed E-state index contributed by atoms with van der Waals surface area (Å²) in [6.45, 7) is 6.97. The molecule has 0 amide bonds. The van der Waals surface area contributed by atoms with Gasteiger partial charge in [0.05, 0.1) is 6.04 Å². The molecule has 2 aromatic rings. The molecule has 0 radical (unpaired) electrons. The van der Waals surface area contributed by atoms with Crippen LogP contribution in [0.3, 0.4) is 0 Å². The summed E-state index contributed by atoms with van der Waals surface area (Å²) in [5.74, 6) is 0.271. The first-order valence-electron chi connectivity index (χ1n) is 7.32. The standard InChI is InChI=1S/C18H22FNO/c1-4-20-18(15-10-8-13(2)9-11-15)14(3)21-17-7-5-6-16(19)12-17/h5-12,14,18,20H,4H2,1-3H3. The summed E-state index contributed by atoms with van der Waals surface area (Å²) >= 11 is 0. The lowest BCUT2D eigenvalue weighted by Crippen LogP contribution is -2.33. The normalized spacial score (nSPS) is 13.7. The number of ether oxygens (including phenoxy) is 1. The molecule has 0 saturated carbocycles. The molecule has 2 atom stereocenters. The minimum absolute atomic E-state index is 0.0684. The SMILES string of the molecule is CCNC(c1ccc(C)cc1)C(C)Oc1cccc(F)c1. The van der Waals surface area contributed by atoms with Crippen LogP contribution in [-0.2, 0) is 0 Å². The number of hydrogen-bond donors (Lipinski definition) is 1. The lowest BCUT2D eigenvalue weighted by molar-refractivity contribution is 0.171. The van der Waals surface area contributed by atoms with E-state index in [0.717, 1.165) is 6.54 Å². The van der Waals surface area contributed by atoms with Crippen molar-refractivity contribution in [2.45, 2.75) is 32.9 Å². The van der Waals surface area contributed by atoms with E-state index in [1.54, 1.807) is 12.1 Å². The molecule has 0 aliphatic rings. The fraction of sp³-hybridized carbons (Fsp3) is 0.333. The second-order valence-corrected chi connectivity index (χ2v) is 5.23. The van der Waals surface area contributed by atoms with Crippen LogP contribution in [0.15, 0.2) is 48.5 Å². The Morgan fingerprint density at radius 1 is 1.14 bits per heavy atom. The van der Waals surface area contributed by atoms with E-state index in [4.69, 9.17) is 4.74 Å². The summed E-state index contributed by atoms with van der Waals surface area (Å²) < 4.78 is 19.1. The summed E-state index contributed by atoms with van der Waals surface area (Å²) in [5, 5.41) is 3.43. The maximum absolute atomic E-state index is 13.2. The molecule has 2 unspecified atom stereocenters. The lowest BCUT2D eigenvalue weighted by Gasteiger charge is -2.26. The van der Waals surface area contributed by atoms with Crippen LogP contribution in [0.2, 0.25) is 0 Å². The smallest absolute Gasteiger partial charge is 0.126 e. The van der Waals surface area contributed by atoms with E-state index in [1.807, 2.05) is 6.92 Å². The highest BCUT2D eigenvalue weighted by molar-refractivity contribution is 5.26. The zero-order valence-corrected chi connectivity index (χ0v) is 12.8. The number of aryl methyl sites for hydroxylation is 1. The van der Waals surface area contributed by atoms with Gasteiger partial charge in [-0.05, 0) is 38.1 Å². The first-order chi connectivity index (χ1) is 10.1. The predicted octanol–water partition coefficient (Wildman–Crippen LogP) is 4.25. The molecule has 1 N–H and O–H groups in total. The fourth-order valence-corrected chi connectivity index (χ4v) is 2.37. The fourth-order valence-electron chi connectivity index (χ4n) is 2.37. The van der Waals surface area contributed by atoms with Gasteiger partial charge in [0.15, 0.2) is 0 Å². The molecule has 2 nitrogen and oxygen atoms in total. The summed E-state index contributed by atoms with van der Waals surface area (Å²) in [6, 6.07) is 14.7. The Bertz CT molecular complexity index is 568. The van der Waals surface area contributed by atoms with Crippen LogP contribution in [0.25, 0.3) is 0 Å². The second kappa shape index (κ2) is 7.23. The van der Waals surface area contributed by atoms with Gasteiger partial charge in [-0.2, -0.15) is 0 Å². The molecule has 112 valence electrons. The Morgan fingerprint density at radius 3 is 2.48 bits per heavy atom. The van der Waals surface area contributed by atoms with Gasteiger partial charge in [0, 0.05) is 6.07 Å². The molecule has 0 aromatic heterocycles. The molecule has 0 aliphatic heterocycles. The van der Waals surface area contributed by atoms with E-state index in [9.17, 15) is 4.39 Å². The first-order valence-corrected chi connectivity index (χ1v) is 7.32. The van der Waals surface area contributed by atoms with Crippen LogP contribution < -0.4 is 10.1 Å². The molecule has 0 heterocycles. The van der Waals surface area contributed by atoms with Crippen molar-refractivity contribution in [1.29, 1.82) is 0 Å². The summed E-state index contributed by atoms with van der Waals surface area (Å²) in [5.41, 5.74) is 2.40. The third-order valence-corrected chi connectivity index (χ3v) is 3.45. The average Bonchev–Trinajstić information content (AvgIpc) is 2.46.